The molecule has 0 radical (unpaired) electrons. The Morgan fingerprint density at radius 3 is 3.09 bits per heavy atom. The number of nitrogens with zero attached hydrogens (tertiary/aromatic N) is 2. The van der Waals surface area contributed by atoms with Gasteiger partial charge in [0, 0.05) is 25.5 Å². The number of fused-ring (bicyclic) bond motifs is 1. The Morgan fingerprint density at radius 2 is 2.32 bits per heavy atom. The van der Waals surface area contributed by atoms with E-state index in [1.807, 2.05) is 25.4 Å². The minimum atomic E-state index is 0.577. The normalized spacial score (nSPS) is 14.8. The van der Waals surface area contributed by atoms with E-state index in [9.17, 15) is 0 Å². The molecule has 1 aliphatic heterocycles. The maximum Gasteiger partial charge on any atom is 0.118 e. The van der Waals surface area contributed by atoms with Gasteiger partial charge in [-0.2, -0.15) is 0 Å². The van der Waals surface area contributed by atoms with E-state index in [1.54, 1.807) is 6.08 Å². The molecule has 0 N–H and O–H groups in total. The van der Waals surface area contributed by atoms with E-state index in [-0.39, 0.29) is 0 Å². The Kier molecular flexibility index (Phi) is 4.71. The van der Waals surface area contributed by atoms with Crippen LogP contribution in [0.3, 0.4) is 0 Å². The zero-order chi connectivity index (χ0) is 15.4. The van der Waals surface area contributed by atoms with Gasteiger partial charge in [-0.1, -0.05) is 6.08 Å². The van der Waals surface area contributed by atoms with Gasteiger partial charge in [-0.15, -0.1) is 6.58 Å². The largest absolute Gasteiger partial charge is 0.465 e. The zero-order valence-electron chi connectivity index (χ0n) is 13.0. The quantitative estimate of drug-likeness (QED) is 0.606. The summed E-state index contributed by atoms with van der Waals surface area (Å²) in [4.78, 5) is 6.77. The van der Waals surface area contributed by atoms with E-state index in [0.717, 1.165) is 37.6 Å². The summed E-state index contributed by atoms with van der Waals surface area (Å²) in [5.41, 5.74) is 3.90. The number of pyridine rings is 1. The lowest BCUT2D eigenvalue weighted by Gasteiger charge is -2.29. The van der Waals surface area contributed by atoms with Gasteiger partial charge < -0.3 is 9.15 Å². The zero-order valence-corrected chi connectivity index (χ0v) is 13.0. The molecule has 0 amide bonds. The molecule has 0 aliphatic carbocycles. The van der Waals surface area contributed by atoms with Crippen molar-refractivity contribution >= 4 is 0 Å². The summed E-state index contributed by atoms with van der Waals surface area (Å²) >= 11 is 0. The molecule has 0 saturated heterocycles. The third-order valence-electron chi connectivity index (χ3n) is 3.98. The Labute approximate surface area is 131 Å². The van der Waals surface area contributed by atoms with Crippen molar-refractivity contribution in [1.29, 1.82) is 0 Å². The molecule has 0 saturated carbocycles. The third kappa shape index (κ3) is 3.46. The fourth-order valence-electron chi connectivity index (χ4n) is 2.93. The van der Waals surface area contributed by atoms with Gasteiger partial charge in [0.15, 0.2) is 0 Å². The fraction of sp³-hybridized carbons (Fsp3) is 0.389. The molecule has 0 bridgehead atoms. The molecule has 0 spiro atoms. The summed E-state index contributed by atoms with van der Waals surface area (Å²) in [5, 5.41) is 0. The molecule has 2 aromatic rings. The first-order valence-electron chi connectivity index (χ1n) is 7.67. The number of hydrogen-bond donors (Lipinski definition) is 0. The van der Waals surface area contributed by atoms with Gasteiger partial charge in [0.25, 0.3) is 0 Å². The van der Waals surface area contributed by atoms with Gasteiger partial charge in [0.1, 0.15) is 11.5 Å². The number of ether oxygens (including phenoxy) is 1. The average Bonchev–Trinajstić information content (AvgIpc) is 2.92. The molecular formula is C18H22N2O2. The Hall–Kier alpha value is -1.91. The number of furan rings is 1. The Morgan fingerprint density at radius 1 is 1.41 bits per heavy atom. The maximum absolute atomic E-state index is 5.68. The van der Waals surface area contributed by atoms with Gasteiger partial charge >= 0.3 is 0 Å². The molecule has 3 heterocycles. The summed E-state index contributed by atoms with van der Waals surface area (Å²) in [6.45, 7) is 9.64. The van der Waals surface area contributed by atoms with E-state index in [1.165, 1.54) is 16.7 Å². The SMILES string of the molecule is C=CCOCc1cncc2c1CCN(Cc1ccc(C)o1)C2. The first-order valence-corrected chi connectivity index (χ1v) is 7.67. The van der Waals surface area contributed by atoms with E-state index >= 15 is 0 Å². The number of rotatable bonds is 6. The molecular weight excluding hydrogens is 276 g/mol. The van der Waals surface area contributed by atoms with E-state index in [4.69, 9.17) is 9.15 Å². The maximum atomic E-state index is 5.68. The molecule has 0 aromatic carbocycles. The highest BCUT2D eigenvalue weighted by atomic mass is 16.5. The van der Waals surface area contributed by atoms with Gasteiger partial charge in [0.2, 0.25) is 0 Å². The molecule has 0 atom stereocenters. The van der Waals surface area contributed by atoms with Crippen LogP contribution in [0.5, 0.6) is 0 Å². The lowest BCUT2D eigenvalue weighted by Crippen LogP contribution is -2.30. The van der Waals surface area contributed by atoms with E-state index in [0.29, 0.717) is 13.2 Å². The Balaban J connectivity index is 1.67. The highest BCUT2D eigenvalue weighted by Crippen LogP contribution is 2.23. The van der Waals surface area contributed by atoms with Crippen LogP contribution < -0.4 is 0 Å². The highest BCUT2D eigenvalue weighted by molar-refractivity contribution is 5.33. The first-order chi connectivity index (χ1) is 10.8. The Bertz CT molecular complexity index is 648. The molecule has 22 heavy (non-hydrogen) atoms. The van der Waals surface area contributed by atoms with E-state index < -0.39 is 0 Å². The molecule has 116 valence electrons. The third-order valence-corrected chi connectivity index (χ3v) is 3.98. The number of aromatic nitrogens is 1. The lowest BCUT2D eigenvalue weighted by molar-refractivity contribution is 0.146. The molecule has 0 unspecified atom stereocenters. The van der Waals surface area contributed by atoms with Crippen molar-refractivity contribution in [1.82, 2.24) is 9.88 Å². The molecule has 3 rings (SSSR count). The van der Waals surface area contributed by atoms with Crippen molar-refractivity contribution in [3.05, 3.63) is 65.4 Å². The highest BCUT2D eigenvalue weighted by Gasteiger charge is 2.20. The second-order valence-corrected chi connectivity index (χ2v) is 5.71. The smallest absolute Gasteiger partial charge is 0.118 e. The van der Waals surface area contributed by atoms with Crippen LogP contribution in [0.2, 0.25) is 0 Å². The van der Waals surface area contributed by atoms with Crippen molar-refractivity contribution in [3.63, 3.8) is 0 Å². The van der Waals surface area contributed by atoms with Crippen molar-refractivity contribution in [2.45, 2.75) is 33.0 Å². The second kappa shape index (κ2) is 6.90. The lowest BCUT2D eigenvalue weighted by atomic mass is 9.97. The second-order valence-electron chi connectivity index (χ2n) is 5.71. The van der Waals surface area contributed by atoms with Gasteiger partial charge in [0.05, 0.1) is 19.8 Å². The van der Waals surface area contributed by atoms with Gasteiger partial charge in [-0.25, -0.2) is 0 Å². The first kappa shape index (κ1) is 15.0. The van der Waals surface area contributed by atoms with Crippen LogP contribution in [0.4, 0.5) is 0 Å². The predicted molar refractivity (Wildman–Crippen MR) is 85.4 cm³/mol. The minimum absolute atomic E-state index is 0.577. The van der Waals surface area contributed by atoms with Crippen LogP contribution in [0.15, 0.2) is 41.6 Å². The summed E-state index contributed by atoms with van der Waals surface area (Å²) in [7, 11) is 0. The van der Waals surface area contributed by atoms with Crippen LogP contribution in [-0.4, -0.2) is 23.0 Å². The minimum Gasteiger partial charge on any atom is -0.465 e. The van der Waals surface area contributed by atoms with Crippen LogP contribution in [0, 0.1) is 6.92 Å². The van der Waals surface area contributed by atoms with Crippen molar-refractivity contribution < 1.29 is 9.15 Å². The van der Waals surface area contributed by atoms with E-state index in [2.05, 4.69) is 22.5 Å². The molecule has 0 fully saturated rings. The standard InChI is InChI=1S/C18H22N2O2/c1-3-8-21-13-16-10-19-9-15-11-20(7-6-18(15)16)12-17-5-4-14(2)22-17/h3-5,9-10H,1,6-8,11-13H2,2H3. The average molecular weight is 298 g/mol. The van der Waals surface area contributed by atoms with Crippen molar-refractivity contribution in [3.8, 4) is 0 Å². The predicted octanol–water partition coefficient (Wildman–Crippen LogP) is 3.24. The van der Waals surface area contributed by atoms with Crippen molar-refractivity contribution in [2.75, 3.05) is 13.2 Å². The molecule has 2 aromatic heterocycles. The summed E-state index contributed by atoms with van der Waals surface area (Å²) in [5.74, 6) is 2.00. The van der Waals surface area contributed by atoms with Crippen molar-refractivity contribution in [2.24, 2.45) is 0 Å². The fourth-order valence-corrected chi connectivity index (χ4v) is 2.93. The molecule has 4 nitrogen and oxygen atoms in total. The van der Waals surface area contributed by atoms with Gasteiger partial charge in [-0.05, 0) is 42.2 Å². The van der Waals surface area contributed by atoms with Gasteiger partial charge in [-0.3, -0.25) is 9.88 Å². The monoisotopic (exact) mass is 298 g/mol. The topological polar surface area (TPSA) is 38.5 Å². The summed E-state index contributed by atoms with van der Waals surface area (Å²) in [6.07, 6.45) is 6.71. The molecule has 4 heteroatoms. The summed E-state index contributed by atoms with van der Waals surface area (Å²) < 4.78 is 11.3. The summed E-state index contributed by atoms with van der Waals surface area (Å²) in [6, 6.07) is 4.08. The molecule has 1 aliphatic rings. The van der Waals surface area contributed by atoms with Crippen LogP contribution in [0.25, 0.3) is 0 Å². The van der Waals surface area contributed by atoms with Crippen LogP contribution in [0.1, 0.15) is 28.2 Å². The number of hydrogen-bond acceptors (Lipinski definition) is 4. The van der Waals surface area contributed by atoms with Crippen LogP contribution >= 0.6 is 0 Å². The number of aryl methyl sites for hydroxylation is 1. The van der Waals surface area contributed by atoms with Crippen LogP contribution in [-0.2, 0) is 30.9 Å².